The zero-order valence-electron chi connectivity index (χ0n) is 12.7. The number of nitrogens with zero attached hydrogens (tertiary/aromatic N) is 1. The number of alkyl halides is 7. The summed E-state index contributed by atoms with van der Waals surface area (Å²) in [6.45, 7) is 1.27. The van der Waals surface area contributed by atoms with E-state index in [1.54, 1.807) is 0 Å². The van der Waals surface area contributed by atoms with E-state index >= 15 is 0 Å². The van der Waals surface area contributed by atoms with Crippen molar-refractivity contribution in [1.82, 2.24) is 4.98 Å². The number of amides is 1. The van der Waals surface area contributed by atoms with Crippen LogP contribution in [-0.2, 0) is 6.18 Å². The Labute approximate surface area is 151 Å². The highest BCUT2D eigenvalue weighted by Crippen LogP contribution is 2.36. The third-order valence-electron chi connectivity index (χ3n) is 2.84. The van der Waals surface area contributed by atoms with Crippen molar-refractivity contribution in [2.75, 3.05) is 5.32 Å². The van der Waals surface area contributed by atoms with Gasteiger partial charge in [0.1, 0.15) is 10.6 Å². The Morgan fingerprint density at radius 2 is 1.88 bits per heavy atom. The number of aromatic nitrogens is 1. The Hall–Kier alpha value is -2.01. The van der Waals surface area contributed by atoms with E-state index in [1.807, 2.05) is 5.32 Å². The van der Waals surface area contributed by atoms with Gasteiger partial charge in [0.05, 0.1) is 10.7 Å². The fourth-order valence-electron chi connectivity index (χ4n) is 1.80. The van der Waals surface area contributed by atoms with Gasteiger partial charge in [-0.25, -0.2) is 9.37 Å². The zero-order valence-corrected chi connectivity index (χ0v) is 14.3. The maximum absolute atomic E-state index is 13.3. The lowest BCUT2D eigenvalue weighted by Gasteiger charge is -2.20. The van der Waals surface area contributed by atoms with Gasteiger partial charge in [-0.3, -0.25) is 4.79 Å². The smallest absolute Gasteiger partial charge is 0.427 e. The van der Waals surface area contributed by atoms with Crippen LogP contribution < -0.4 is 10.1 Å². The van der Waals surface area contributed by atoms with Gasteiger partial charge in [0, 0.05) is 0 Å². The summed E-state index contributed by atoms with van der Waals surface area (Å²) >= 11 is 5.17. The molecule has 1 aromatic heterocycles. The van der Waals surface area contributed by atoms with Crippen LogP contribution in [0.15, 0.2) is 24.3 Å². The molecule has 0 bridgehead atoms. The number of halogens is 7. The van der Waals surface area contributed by atoms with Gasteiger partial charge in [-0.2, -0.15) is 22.0 Å². The average Bonchev–Trinajstić information content (AvgIpc) is 2.91. The SMILES string of the molecule is Cc1nc(C(F)(F)F)c(C(=O)Nc2ccccc2OC(F)(F)C(F)Cl)s1. The lowest BCUT2D eigenvalue weighted by molar-refractivity contribution is -0.198. The largest absolute Gasteiger partial charge is 0.444 e. The Morgan fingerprint density at radius 3 is 2.46 bits per heavy atom. The molecule has 4 nitrogen and oxygen atoms in total. The number of thiazole rings is 1. The third kappa shape index (κ3) is 4.58. The molecule has 2 aromatic rings. The maximum Gasteiger partial charge on any atom is 0.444 e. The molecule has 0 fully saturated rings. The first kappa shape index (κ1) is 20.3. The van der Waals surface area contributed by atoms with E-state index in [-0.39, 0.29) is 5.01 Å². The van der Waals surface area contributed by atoms with Crippen LogP contribution in [0, 0.1) is 6.92 Å². The van der Waals surface area contributed by atoms with E-state index in [1.165, 1.54) is 19.1 Å². The topological polar surface area (TPSA) is 51.2 Å². The predicted octanol–water partition coefficient (Wildman–Crippen LogP) is 5.23. The number of benzene rings is 1. The van der Waals surface area contributed by atoms with Crippen molar-refractivity contribution in [2.45, 2.75) is 24.8 Å². The molecule has 0 saturated carbocycles. The van der Waals surface area contributed by atoms with Crippen molar-refractivity contribution in [3.8, 4) is 5.75 Å². The number of carbonyl (C=O) groups is 1. The van der Waals surface area contributed by atoms with Crippen molar-refractivity contribution in [2.24, 2.45) is 0 Å². The maximum atomic E-state index is 13.3. The highest BCUT2D eigenvalue weighted by molar-refractivity contribution is 7.13. The summed E-state index contributed by atoms with van der Waals surface area (Å²) in [4.78, 5) is 14.7. The van der Waals surface area contributed by atoms with Crippen LogP contribution in [0.5, 0.6) is 5.75 Å². The fraction of sp³-hybridized carbons (Fsp3) is 0.286. The molecule has 0 aliphatic heterocycles. The molecule has 1 unspecified atom stereocenters. The van der Waals surface area contributed by atoms with E-state index in [0.29, 0.717) is 11.3 Å². The molecule has 1 aromatic carbocycles. The second-order valence-corrected chi connectivity index (χ2v) is 6.41. The molecule has 0 spiro atoms. The molecule has 0 aliphatic carbocycles. The van der Waals surface area contributed by atoms with Crippen LogP contribution in [0.2, 0.25) is 0 Å². The van der Waals surface area contributed by atoms with E-state index in [9.17, 15) is 31.1 Å². The molecule has 1 atom stereocenters. The molecule has 26 heavy (non-hydrogen) atoms. The predicted molar refractivity (Wildman–Crippen MR) is 82.6 cm³/mol. The molecule has 142 valence electrons. The molecule has 0 saturated heterocycles. The summed E-state index contributed by atoms with van der Waals surface area (Å²) in [5, 5.41) is 2.01. The summed E-state index contributed by atoms with van der Waals surface area (Å²) < 4.78 is 82.2. The number of aryl methyl sites for hydroxylation is 1. The van der Waals surface area contributed by atoms with Gasteiger partial charge in [0.25, 0.3) is 11.5 Å². The van der Waals surface area contributed by atoms with Crippen molar-refractivity contribution in [3.63, 3.8) is 0 Å². The summed E-state index contributed by atoms with van der Waals surface area (Å²) in [7, 11) is 0. The minimum atomic E-state index is -4.87. The number of anilines is 1. The highest BCUT2D eigenvalue weighted by Gasteiger charge is 2.43. The Morgan fingerprint density at radius 1 is 1.27 bits per heavy atom. The molecule has 0 radical (unpaired) electrons. The second kappa shape index (κ2) is 7.31. The third-order valence-corrected chi connectivity index (χ3v) is 4.07. The zero-order chi connectivity index (χ0) is 19.7. The fourth-order valence-corrected chi connectivity index (χ4v) is 2.68. The first-order valence-electron chi connectivity index (χ1n) is 6.72. The number of carbonyl (C=O) groups excluding carboxylic acids is 1. The van der Waals surface area contributed by atoms with Gasteiger partial charge in [0.2, 0.25) is 0 Å². The van der Waals surface area contributed by atoms with Gasteiger partial charge < -0.3 is 10.1 Å². The number of nitrogens with one attached hydrogen (secondary N) is 1. The van der Waals surface area contributed by atoms with Gasteiger partial charge in [-0.05, 0) is 19.1 Å². The van der Waals surface area contributed by atoms with E-state index in [0.717, 1.165) is 12.1 Å². The molecule has 1 amide bonds. The summed E-state index contributed by atoms with van der Waals surface area (Å²) in [6, 6.07) is 4.59. The number of hydrogen-bond acceptors (Lipinski definition) is 4. The van der Waals surface area contributed by atoms with Crippen molar-refractivity contribution < 1.29 is 35.9 Å². The number of rotatable bonds is 5. The van der Waals surface area contributed by atoms with Crippen LogP contribution in [0.25, 0.3) is 0 Å². The minimum absolute atomic E-state index is 0.0130. The second-order valence-electron chi connectivity index (χ2n) is 4.82. The molecular formula is C14H9ClF6N2O2S. The van der Waals surface area contributed by atoms with Crippen LogP contribution in [-0.4, -0.2) is 22.6 Å². The average molecular weight is 419 g/mol. The van der Waals surface area contributed by atoms with Gasteiger partial charge >= 0.3 is 12.3 Å². The van der Waals surface area contributed by atoms with Crippen LogP contribution in [0.1, 0.15) is 20.4 Å². The Bertz CT molecular complexity index is 809. The summed E-state index contributed by atoms with van der Waals surface area (Å²) in [5.74, 6) is -1.91. The molecule has 1 heterocycles. The van der Waals surface area contributed by atoms with Gasteiger partial charge in [0.15, 0.2) is 5.69 Å². The van der Waals surface area contributed by atoms with E-state index in [2.05, 4.69) is 21.3 Å². The van der Waals surface area contributed by atoms with Crippen LogP contribution in [0.3, 0.4) is 0 Å². The first-order chi connectivity index (χ1) is 11.9. The normalized spacial score (nSPS) is 13.4. The van der Waals surface area contributed by atoms with E-state index < -0.39 is 45.8 Å². The lowest BCUT2D eigenvalue weighted by atomic mass is 10.2. The standard InChI is InChI=1S/C14H9ClF6N2O2S/c1-6-22-10(13(17,18)19)9(26-6)11(24)23-7-4-2-3-5-8(7)25-14(20,21)12(15)16/h2-5,12H,1H3,(H,23,24). The van der Waals surface area contributed by atoms with E-state index in [4.69, 9.17) is 0 Å². The monoisotopic (exact) mass is 418 g/mol. The lowest BCUT2D eigenvalue weighted by Crippen LogP contribution is -2.33. The molecule has 2 rings (SSSR count). The van der Waals surface area contributed by atoms with Crippen LogP contribution in [0.4, 0.5) is 32.0 Å². The summed E-state index contributed by atoms with van der Waals surface area (Å²) in [5.41, 5.74) is -4.97. The Balaban J connectivity index is 2.32. The molecule has 12 heteroatoms. The summed E-state index contributed by atoms with van der Waals surface area (Å²) in [6.07, 6.45) is -9.29. The van der Waals surface area contributed by atoms with Gasteiger partial charge in [-0.15, -0.1) is 11.3 Å². The molecule has 0 aliphatic rings. The van der Waals surface area contributed by atoms with Gasteiger partial charge in [-0.1, -0.05) is 23.7 Å². The first-order valence-corrected chi connectivity index (χ1v) is 7.97. The molecule has 1 N–H and O–H groups in total. The van der Waals surface area contributed by atoms with Crippen molar-refractivity contribution in [1.29, 1.82) is 0 Å². The Kier molecular flexibility index (Phi) is 5.71. The van der Waals surface area contributed by atoms with Crippen molar-refractivity contribution >= 4 is 34.5 Å². The van der Waals surface area contributed by atoms with Crippen LogP contribution >= 0.6 is 22.9 Å². The minimum Gasteiger partial charge on any atom is -0.427 e. The molecular weight excluding hydrogens is 410 g/mol. The number of ether oxygens (including phenoxy) is 1. The quantitative estimate of drug-likeness (QED) is 0.534. The van der Waals surface area contributed by atoms with Crippen molar-refractivity contribution in [3.05, 3.63) is 39.8 Å². The highest BCUT2D eigenvalue weighted by atomic mass is 35.5. The number of hydrogen-bond donors (Lipinski definition) is 1. The number of para-hydroxylation sites is 2.